The number of rotatable bonds is 3. The smallest absolute Gasteiger partial charge is 0.260 e. The second-order valence-electron chi connectivity index (χ2n) is 3.50. The molecule has 2 N–H and O–H groups in total. The monoisotopic (exact) mass is 281 g/mol. The van der Waals surface area contributed by atoms with E-state index in [1.54, 1.807) is 0 Å². The van der Waals surface area contributed by atoms with E-state index in [-0.39, 0.29) is 0 Å². The highest BCUT2D eigenvalue weighted by molar-refractivity contribution is 9.10. The summed E-state index contributed by atoms with van der Waals surface area (Å²) in [6.07, 6.45) is 1.81. The average Bonchev–Trinajstić information content (AvgIpc) is 2.71. The Hall–Kier alpha value is -1.36. The molecule has 1 aromatic heterocycles. The Balaban J connectivity index is 2.38. The van der Waals surface area contributed by atoms with E-state index < -0.39 is 0 Å². The third-order valence-corrected chi connectivity index (χ3v) is 2.68. The maximum atomic E-state index is 5.86. The lowest BCUT2D eigenvalue weighted by atomic mass is 10.2. The van der Waals surface area contributed by atoms with Gasteiger partial charge < -0.3 is 10.3 Å². The van der Waals surface area contributed by atoms with Crippen LogP contribution in [0.15, 0.2) is 27.2 Å². The summed E-state index contributed by atoms with van der Waals surface area (Å²) < 4.78 is 6.11. The molecule has 4 nitrogen and oxygen atoms in total. The molecule has 84 valence electrons. The lowest BCUT2D eigenvalue weighted by Crippen LogP contribution is -1.90. The molecule has 2 rings (SSSR count). The molecule has 0 atom stereocenters. The van der Waals surface area contributed by atoms with Gasteiger partial charge >= 0.3 is 0 Å². The van der Waals surface area contributed by atoms with E-state index in [1.165, 1.54) is 0 Å². The van der Waals surface area contributed by atoms with Crippen LogP contribution < -0.4 is 5.73 Å². The summed E-state index contributed by atoms with van der Waals surface area (Å²) in [4.78, 5) is 4.29. The molecule has 16 heavy (non-hydrogen) atoms. The first-order valence-corrected chi connectivity index (χ1v) is 5.88. The highest BCUT2D eigenvalue weighted by Gasteiger charge is 2.11. The molecule has 1 aromatic carbocycles. The first kappa shape index (κ1) is 11.1. The van der Waals surface area contributed by atoms with Crippen molar-refractivity contribution in [2.75, 3.05) is 5.73 Å². The third-order valence-electron chi connectivity index (χ3n) is 2.19. The number of hydrogen-bond donors (Lipinski definition) is 1. The zero-order valence-electron chi connectivity index (χ0n) is 8.90. The molecule has 0 fully saturated rings. The Morgan fingerprint density at radius 1 is 1.44 bits per heavy atom. The zero-order chi connectivity index (χ0) is 11.5. The van der Waals surface area contributed by atoms with Gasteiger partial charge in [-0.3, -0.25) is 0 Å². The summed E-state index contributed by atoms with van der Waals surface area (Å²) in [6.45, 7) is 2.07. The first-order valence-electron chi connectivity index (χ1n) is 5.08. The Labute approximate surface area is 102 Å². The summed E-state index contributed by atoms with van der Waals surface area (Å²) in [6, 6.07) is 5.56. The van der Waals surface area contributed by atoms with Gasteiger partial charge in [0.15, 0.2) is 5.82 Å². The van der Waals surface area contributed by atoms with Crippen LogP contribution in [-0.4, -0.2) is 10.1 Å². The third kappa shape index (κ3) is 2.24. The molecule has 0 saturated carbocycles. The number of halogens is 1. The van der Waals surface area contributed by atoms with Crippen LogP contribution in [0.1, 0.15) is 19.2 Å². The number of hydrogen-bond acceptors (Lipinski definition) is 4. The molecule has 0 spiro atoms. The summed E-state index contributed by atoms with van der Waals surface area (Å²) in [5, 5.41) is 3.90. The van der Waals surface area contributed by atoms with E-state index in [2.05, 4.69) is 33.0 Å². The van der Waals surface area contributed by atoms with Crippen LogP contribution in [0.2, 0.25) is 0 Å². The van der Waals surface area contributed by atoms with Gasteiger partial charge in [-0.2, -0.15) is 4.98 Å². The number of anilines is 1. The van der Waals surface area contributed by atoms with Gasteiger partial charge in [0.1, 0.15) is 0 Å². The van der Waals surface area contributed by atoms with E-state index in [0.29, 0.717) is 11.6 Å². The van der Waals surface area contributed by atoms with Gasteiger partial charge in [-0.1, -0.05) is 28.0 Å². The van der Waals surface area contributed by atoms with Gasteiger partial charge in [0.05, 0.1) is 5.56 Å². The molecule has 1 heterocycles. The van der Waals surface area contributed by atoms with Gasteiger partial charge in [-0.05, 0) is 24.6 Å². The van der Waals surface area contributed by atoms with Crippen molar-refractivity contribution in [2.45, 2.75) is 19.8 Å². The summed E-state index contributed by atoms with van der Waals surface area (Å²) in [7, 11) is 0. The maximum absolute atomic E-state index is 5.86. The molecule has 0 bridgehead atoms. The summed E-state index contributed by atoms with van der Waals surface area (Å²) in [5.74, 6) is 1.19. The van der Waals surface area contributed by atoms with Crippen LogP contribution >= 0.6 is 15.9 Å². The number of nitrogen functional groups attached to an aromatic ring is 1. The molecule has 0 aliphatic carbocycles. The standard InChI is InChI=1S/C11H12BrN3O/c1-2-3-10-14-11(16-15-10)8-6-7(12)4-5-9(8)13/h4-6H,2-3,13H2,1H3. The van der Waals surface area contributed by atoms with Gasteiger partial charge in [0.25, 0.3) is 5.89 Å². The van der Waals surface area contributed by atoms with E-state index in [1.807, 2.05) is 18.2 Å². The molecule has 5 heteroatoms. The number of nitrogens with two attached hydrogens (primary N) is 1. The molecular formula is C11H12BrN3O. The highest BCUT2D eigenvalue weighted by Crippen LogP contribution is 2.27. The Bertz CT molecular complexity index is 496. The SMILES string of the molecule is CCCc1noc(-c2cc(Br)ccc2N)n1. The van der Waals surface area contributed by atoms with E-state index in [4.69, 9.17) is 10.3 Å². The van der Waals surface area contributed by atoms with E-state index >= 15 is 0 Å². The first-order chi connectivity index (χ1) is 7.70. The molecule has 0 aliphatic heterocycles. The topological polar surface area (TPSA) is 64.9 Å². The normalized spacial score (nSPS) is 10.6. The second kappa shape index (κ2) is 4.65. The minimum atomic E-state index is 0.474. The Morgan fingerprint density at radius 3 is 3.00 bits per heavy atom. The summed E-state index contributed by atoms with van der Waals surface area (Å²) in [5.41, 5.74) is 7.26. The predicted molar refractivity (Wildman–Crippen MR) is 65.8 cm³/mol. The van der Waals surface area contributed by atoms with Crippen LogP contribution in [0.4, 0.5) is 5.69 Å². The lowest BCUT2D eigenvalue weighted by Gasteiger charge is -2.00. The molecule has 0 aliphatic rings. The maximum Gasteiger partial charge on any atom is 0.260 e. The van der Waals surface area contributed by atoms with Crippen LogP contribution in [-0.2, 0) is 6.42 Å². The zero-order valence-corrected chi connectivity index (χ0v) is 10.5. The van der Waals surface area contributed by atoms with Crippen LogP contribution in [0.25, 0.3) is 11.5 Å². The number of benzene rings is 1. The van der Waals surface area contributed by atoms with Crippen molar-refractivity contribution in [3.05, 3.63) is 28.5 Å². The number of aryl methyl sites for hydroxylation is 1. The van der Waals surface area contributed by atoms with Crippen LogP contribution in [0, 0.1) is 0 Å². The minimum absolute atomic E-state index is 0.474. The quantitative estimate of drug-likeness (QED) is 0.879. The van der Waals surface area contributed by atoms with Crippen LogP contribution in [0.3, 0.4) is 0 Å². The van der Waals surface area contributed by atoms with E-state index in [0.717, 1.165) is 28.7 Å². The minimum Gasteiger partial charge on any atom is -0.398 e. The van der Waals surface area contributed by atoms with Crippen molar-refractivity contribution in [1.29, 1.82) is 0 Å². The number of aromatic nitrogens is 2. The second-order valence-corrected chi connectivity index (χ2v) is 4.41. The fraction of sp³-hybridized carbons (Fsp3) is 0.273. The number of nitrogens with zero attached hydrogens (tertiary/aromatic N) is 2. The molecule has 0 radical (unpaired) electrons. The lowest BCUT2D eigenvalue weighted by molar-refractivity contribution is 0.422. The fourth-order valence-electron chi connectivity index (χ4n) is 1.40. The van der Waals surface area contributed by atoms with E-state index in [9.17, 15) is 0 Å². The van der Waals surface area contributed by atoms with Crippen molar-refractivity contribution in [1.82, 2.24) is 10.1 Å². The van der Waals surface area contributed by atoms with Crippen molar-refractivity contribution in [3.8, 4) is 11.5 Å². The summed E-state index contributed by atoms with van der Waals surface area (Å²) >= 11 is 3.39. The average molecular weight is 282 g/mol. The van der Waals surface area contributed by atoms with Gasteiger partial charge in [0.2, 0.25) is 0 Å². The molecule has 0 amide bonds. The van der Waals surface area contributed by atoms with Crippen molar-refractivity contribution in [2.24, 2.45) is 0 Å². The Kier molecular flexibility index (Phi) is 3.24. The van der Waals surface area contributed by atoms with Gasteiger partial charge in [0, 0.05) is 16.6 Å². The van der Waals surface area contributed by atoms with Crippen molar-refractivity contribution < 1.29 is 4.52 Å². The van der Waals surface area contributed by atoms with Gasteiger partial charge in [-0.15, -0.1) is 0 Å². The highest BCUT2D eigenvalue weighted by atomic mass is 79.9. The molecule has 0 unspecified atom stereocenters. The largest absolute Gasteiger partial charge is 0.398 e. The Morgan fingerprint density at radius 2 is 2.25 bits per heavy atom. The molecule has 2 aromatic rings. The molecular weight excluding hydrogens is 270 g/mol. The molecule has 0 saturated heterocycles. The van der Waals surface area contributed by atoms with Crippen molar-refractivity contribution >= 4 is 21.6 Å². The van der Waals surface area contributed by atoms with Crippen LogP contribution in [0.5, 0.6) is 0 Å². The predicted octanol–water partition coefficient (Wildman–Crippen LogP) is 3.03. The van der Waals surface area contributed by atoms with Gasteiger partial charge in [-0.25, -0.2) is 0 Å². The van der Waals surface area contributed by atoms with Crippen molar-refractivity contribution in [3.63, 3.8) is 0 Å². The fourth-order valence-corrected chi connectivity index (χ4v) is 1.76.